The molecule has 2 aromatic carbocycles. The molecule has 4 rings (SSSR count). The lowest BCUT2D eigenvalue weighted by atomic mass is 10.1. The Hall–Kier alpha value is -5.28. The number of benzene rings is 2. The van der Waals surface area contributed by atoms with Gasteiger partial charge in [-0.3, -0.25) is 29.8 Å². The molecule has 2 heterocycles. The van der Waals surface area contributed by atoms with E-state index in [9.17, 15) is 29.8 Å². The highest BCUT2D eigenvalue weighted by Crippen LogP contribution is 2.38. The number of nitrogens with zero attached hydrogens (tertiary/aromatic N) is 4. The molecule has 0 bridgehead atoms. The number of nitro benzene ring substituents is 2. The van der Waals surface area contributed by atoms with Gasteiger partial charge in [0.2, 0.25) is 25.4 Å². The van der Waals surface area contributed by atoms with E-state index in [-0.39, 0.29) is 60.4 Å². The van der Waals surface area contributed by atoms with Gasteiger partial charge >= 0.3 is 0 Å². The maximum atomic E-state index is 12.0. The van der Waals surface area contributed by atoms with Crippen molar-refractivity contribution in [3.63, 3.8) is 0 Å². The summed E-state index contributed by atoms with van der Waals surface area (Å²) in [5.74, 6) is 0.423. The Balaban J connectivity index is 1.15. The van der Waals surface area contributed by atoms with E-state index >= 15 is 0 Å². The fraction of sp³-hybridized carbons (Fsp3) is 0.304. The van der Waals surface area contributed by atoms with Gasteiger partial charge in [-0.15, -0.1) is 0 Å². The van der Waals surface area contributed by atoms with Gasteiger partial charge in [-0.1, -0.05) is 6.42 Å². The molecule has 0 aliphatic carbocycles. The molecule has 16 nitrogen and oxygen atoms in total. The molecule has 0 aromatic heterocycles. The van der Waals surface area contributed by atoms with Gasteiger partial charge in [0.05, 0.1) is 45.5 Å². The summed E-state index contributed by atoms with van der Waals surface area (Å²) in [5, 5.41) is 30.1. The van der Waals surface area contributed by atoms with Gasteiger partial charge in [0.15, 0.2) is 23.0 Å². The average Bonchev–Trinajstić information content (AvgIpc) is 3.56. The number of hydrogen-bond donors (Lipinski definition) is 2. The van der Waals surface area contributed by atoms with Crippen LogP contribution in [-0.2, 0) is 9.59 Å². The number of hydrazone groups is 2. The van der Waals surface area contributed by atoms with Crippen molar-refractivity contribution < 1.29 is 38.4 Å². The summed E-state index contributed by atoms with van der Waals surface area (Å²) in [6.45, 7) is -0.0741. The number of ether oxygens (including phenoxy) is 4. The number of carbonyl (C=O) groups is 2. The maximum absolute atomic E-state index is 12.0. The molecule has 2 N–H and O–H groups in total. The fourth-order valence-electron chi connectivity index (χ4n) is 3.62. The van der Waals surface area contributed by atoms with Crippen LogP contribution in [0.15, 0.2) is 34.5 Å². The molecule has 0 fully saturated rings. The molecule has 2 aromatic rings. The Kier molecular flexibility index (Phi) is 8.45. The lowest BCUT2D eigenvalue weighted by molar-refractivity contribution is -0.385. The van der Waals surface area contributed by atoms with Gasteiger partial charge in [-0.2, -0.15) is 10.2 Å². The van der Waals surface area contributed by atoms with E-state index < -0.39 is 21.7 Å². The van der Waals surface area contributed by atoms with E-state index in [0.717, 1.165) is 12.4 Å². The molecule has 0 saturated heterocycles. The second kappa shape index (κ2) is 12.3. The zero-order valence-corrected chi connectivity index (χ0v) is 20.3. The highest BCUT2D eigenvalue weighted by molar-refractivity contribution is 5.89. The van der Waals surface area contributed by atoms with Crippen molar-refractivity contribution in [2.24, 2.45) is 10.2 Å². The summed E-state index contributed by atoms with van der Waals surface area (Å²) in [4.78, 5) is 45.3. The predicted octanol–water partition coefficient (Wildman–Crippen LogP) is 2.51. The highest BCUT2D eigenvalue weighted by atomic mass is 16.7. The van der Waals surface area contributed by atoms with Gasteiger partial charge < -0.3 is 18.9 Å². The smallest absolute Gasteiger partial charge is 0.282 e. The van der Waals surface area contributed by atoms with Gasteiger partial charge in [0.1, 0.15) is 0 Å². The molecular formula is C23H22N6O10. The van der Waals surface area contributed by atoms with Gasteiger partial charge in [0, 0.05) is 12.8 Å². The van der Waals surface area contributed by atoms with Crippen LogP contribution in [0.1, 0.15) is 43.2 Å². The summed E-state index contributed by atoms with van der Waals surface area (Å²) < 4.78 is 20.7. The van der Waals surface area contributed by atoms with Crippen LogP contribution in [0.3, 0.4) is 0 Å². The van der Waals surface area contributed by atoms with Crippen LogP contribution in [0.2, 0.25) is 0 Å². The molecular weight excluding hydrogens is 520 g/mol. The van der Waals surface area contributed by atoms with E-state index in [2.05, 4.69) is 21.1 Å². The van der Waals surface area contributed by atoms with Crippen LogP contribution < -0.4 is 29.8 Å². The molecule has 0 radical (unpaired) electrons. The van der Waals surface area contributed by atoms with Crippen LogP contribution in [0.5, 0.6) is 23.0 Å². The third kappa shape index (κ3) is 6.94. The molecule has 16 heteroatoms. The Morgan fingerprint density at radius 1 is 0.718 bits per heavy atom. The monoisotopic (exact) mass is 542 g/mol. The minimum Gasteiger partial charge on any atom is -0.454 e. The Bertz CT molecular complexity index is 1260. The Morgan fingerprint density at radius 3 is 1.49 bits per heavy atom. The van der Waals surface area contributed by atoms with Crippen LogP contribution in [0.4, 0.5) is 11.4 Å². The van der Waals surface area contributed by atoms with Crippen LogP contribution >= 0.6 is 0 Å². The molecule has 0 unspecified atom stereocenters. The summed E-state index contributed by atoms with van der Waals surface area (Å²) in [5.41, 5.74) is 4.42. The molecule has 0 atom stereocenters. The largest absolute Gasteiger partial charge is 0.454 e. The number of nitro groups is 2. The minimum absolute atomic E-state index is 0.0371. The Morgan fingerprint density at radius 2 is 1.10 bits per heavy atom. The van der Waals surface area contributed by atoms with Gasteiger partial charge in [0.25, 0.3) is 11.4 Å². The number of fused-ring (bicyclic) bond motifs is 2. The molecule has 204 valence electrons. The number of rotatable bonds is 12. The first-order valence-electron chi connectivity index (χ1n) is 11.6. The summed E-state index contributed by atoms with van der Waals surface area (Å²) >= 11 is 0. The van der Waals surface area contributed by atoms with E-state index in [1.165, 1.54) is 24.3 Å². The SMILES string of the molecule is O=C(CCCCCC(=O)N/N=C/c1cc2c(cc1[N+](=O)[O-])OCO2)N/N=C\c1cc2c(cc1[N+](=O)[O-])OCO2. The summed E-state index contributed by atoms with van der Waals surface area (Å²) in [6, 6.07) is 5.27. The van der Waals surface area contributed by atoms with E-state index in [4.69, 9.17) is 18.9 Å². The van der Waals surface area contributed by atoms with Gasteiger partial charge in [-0.25, -0.2) is 10.9 Å². The topological polar surface area (TPSA) is 206 Å². The molecule has 2 aliphatic rings. The van der Waals surface area contributed by atoms with Crippen LogP contribution in [0, 0.1) is 20.2 Å². The fourth-order valence-corrected chi connectivity index (χ4v) is 3.62. The minimum atomic E-state index is -0.589. The van der Waals surface area contributed by atoms with E-state index in [1.807, 2.05) is 0 Å². The average molecular weight is 542 g/mol. The van der Waals surface area contributed by atoms with Crippen molar-refractivity contribution in [3.8, 4) is 23.0 Å². The van der Waals surface area contributed by atoms with Gasteiger partial charge in [-0.05, 0) is 25.0 Å². The number of amides is 2. The maximum Gasteiger partial charge on any atom is 0.282 e. The first-order chi connectivity index (χ1) is 18.8. The van der Waals surface area contributed by atoms with E-state index in [0.29, 0.717) is 30.8 Å². The second-order valence-electron chi connectivity index (χ2n) is 8.19. The van der Waals surface area contributed by atoms with Crippen molar-refractivity contribution >= 4 is 35.6 Å². The van der Waals surface area contributed by atoms with Crippen molar-refractivity contribution in [3.05, 3.63) is 55.6 Å². The zero-order chi connectivity index (χ0) is 27.8. The van der Waals surface area contributed by atoms with Crippen molar-refractivity contribution in [2.45, 2.75) is 32.1 Å². The third-order valence-corrected chi connectivity index (χ3v) is 5.53. The van der Waals surface area contributed by atoms with Crippen LogP contribution in [0.25, 0.3) is 0 Å². The van der Waals surface area contributed by atoms with Crippen molar-refractivity contribution in [1.82, 2.24) is 10.9 Å². The lowest BCUT2D eigenvalue weighted by Gasteiger charge is -2.03. The standard InChI is InChI=1S/C23H22N6O10/c30-22(26-24-10-14-6-18-20(38-12-36-18)8-16(14)28(32)33)4-2-1-3-5-23(31)27-25-11-15-7-19-21(39-13-37-19)9-17(15)29(34)35/h6-11H,1-5,12-13H2,(H,26,30)(H,27,31)/b24-10-,25-11+. The van der Waals surface area contributed by atoms with Crippen molar-refractivity contribution in [1.29, 1.82) is 0 Å². The third-order valence-electron chi connectivity index (χ3n) is 5.53. The molecule has 2 aliphatic heterocycles. The van der Waals surface area contributed by atoms with Crippen LogP contribution in [-0.4, -0.2) is 47.7 Å². The normalized spacial score (nSPS) is 13.1. The lowest BCUT2D eigenvalue weighted by Crippen LogP contribution is -2.18. The first-order valence-corrected chi connectivity index (χ1v) is 11.6. The zero-order valence-electron chi connectivity index (χ0n) is 20.3. The number of unbranched alkanes of at least 4 members (excludes halogenated alkanes) is 2. The number of carbonyl (C=O) groups excluding carboxylic acids is 2. The quantitative estimate of drug-likeness (QED) is 0.173. The van der Waals surface area contributed by atoms with E-state index in [1.54, 1.807) is 0 Å². The highest BCUT2D eigenvalue weighted by Gasteiger charge is 2.23. The number of nitrogens with one attached hydrogen (secondary N) is 2. The molecule has 2 amide bonds. The molecule has 0 spiro atoms. The Labute approximate surface area is 219 Å². The predicted molar refractivity (Wildman–Crippen MR) is 133 cm³/mol. The molecule has 0 saturated carbocycles. The second-order valence-corrected chi connectivity index (χ2v) is 8.19. The summed E-state index contributed by atoms with van der Waals surface area (Å²) in [7, 11) is 0. The summed E-state index contributed by atoms with van der Waals surface area (Å²) in [6.07, 6.45) is 4.09. The molecule has 39 heavy (non-hydrogen) atoms. The van der Waals surface area contributed by atoms with Crippen molar-refractivity contribution in [2.75, 3.05) is 13.6 Å². The first kappa shape index (κ1) is 26.8. The number of hydrogen-bond acceptors (Lipinski definition) is 12.